The summed E-state index contributed by atoms with van der Waals surface area (Å²) < 4.78 is 4.74. The van der Waals surface area contributed by atoms with E-state index in [9.17, 15) is 4.79 Å². The van der Waals surface area contributed by atoms with Gasteiger partial charge in [-0.2, -0.15) is 0 Å². The lowest BCUT2D eigenvalue weighted by molar-refractivity contribution is 0.0599. The first-order valence-electron chi connectivity index (χ1n) is 5.07. The van der Waals surface area contributed by atoms with Crippen LogP contribution in [0.3, 0.4) is 0 Å². The van der Waals surface area contributed by atoms with Crippen LogP contribution in [-0.4, -0.2) is 31.2 Å². The number of hydrogen-bond acceptors (Lipinski definition) is 4. The number of methoxy groups -OCH3 is 1. The second kappa shape index (κ2) is 4.40. The topological polar surface area (TPSA) is 51.2 Å². The quantitative estimate of drug-likeness (QED) is 0.682. The normalized spacial score (nSPS) is 15.3. The Labute approximate surface area is 88.7 Å². The number of carbonyl (C=O) groups excluding carboxylic acids is 1. The smallest absolute Gasteiger partial charge is 0.339 e. The summed E-state index contributed by atoms with van der Waals surface area (Å²) in [5.74, 6) is -0.291. The number of nitrogens with one attached hydrogen (secondary N) is 1. The van der Waals surface area contributed by atoms with Crippen LogP contribution in [0.4, 0.5) is 0 Å². The van der Waals surface area contributed by atoms with Gasteiger partial charge in [0.15, 0.2) is 0 Å². The highest BCUT2D eigenvalue weighted by Crippen LogP contribution is 2.17. The Hall–Kier alpha value is -1.42. The van der Waals surface area contributed by atoms with Crippen molar-refractivity contribution in [1.82, 2.24) is 10.3 Å². The predicted octanol–water partition coefficient (Wildman–Crippen LogP) is 0.556. The first-order valence-corrected chi connectivity index (χ1v) is 5.07. The van der Waals surface area contributed by atoms with Gasteiger partial charge in [-0.05, 0) is 37.1 Å². The predicted molar refractivity (Wildman–Crippen MR) is 55.9 cm³/mol. The zero-order chi connectivity index (χ0) is 10.7. The number of carbonyl (C=O) groups is 1. The van der Waals surface area contributed by atoms with Gasteiger partial charge in [0, 0.05) is 12.4 Å². The Bertz CT molecular complexity index is 377. The van der Waals surface area contributed by atoms with Gasteiger partial charge < -0.3 is 10.1 Å². The maximum absolute atomic E-state index is 11.5. The van der Waals surface area contributed by atoms with E-state index in [2.05, 4.69) is 10.3 Å². The molecule has 0 amide bonds. The van der Waals surface area contributed by atoms with Crippen molar-refractivity contribution in [1.29, 1.82) is 0 Å². The van der Waals surface area contributed by atoms with Gasteiger partial charge in [-0.25, -0.2) is 4.79 Å². The van der Waals surface area contributed by atoms with E-state index < -0.39 is 0 Å². The average molecular weight is 206 g/mol. The third-order valence-electron chi connectivity index (χ3n) is 2.67. The molecular formula is C11H14N2O2. The average Bonchev–Trinajstić information content (AvgIpc) is 2.52. The van der Waals surface area contributed by atoms with Gasteiger partial charge in [-0.1, -0.05) is 0 Å². The van der Waals surface area contributed by atoms with E-state index in [-0.39, 0.29) is 5.97 Å². The highest BCUT2D eigenvalue weighted by molar-refractivity contribution is 5.91. The fourth-order valence-electron chi connectivity index (χ4n) is 1.89. The van der Waals surface area contributed by atoms with Crippen molar-refractivity contribution in [3.05, 3.63) is 29.1 Å². The summed E-state index contributed by atoms with van der Waals surface area (Å²) in [5, 5.41) is 3.30. The molecular weight excluding hydrogens is 192 g/mol. The van der Waals surface area contributed by atoms with Gasteiger partial charge in [0.05, 0.1) is 12.7 Å². The molecule has 15 heavy (non-hydrogen) atoms. The molecule has 2 rings (SSSR count). The molecule has 1 aromatic heterocycles. The van der Waals surface area contributed by atoms with Crippen LogP contribution in [0.25, 0.3) is 0 Å². The van der Waals surface area contributed by atoms with Gasteiger partial charge in [0.1, 0.15) is 0 Å². The van der Waals surface area contributed by atoms with E-state index in [4.69, 9.17) is 4.74 Å². The molecule has 2 heterocycles. The van der Waals surface area contributed by atoms with Crippen LogP contribution in [0, 0.1) is 0 Å². The minimum absolute atomic E-state index is 0.291. The summed E-state index contributed by atoms with van der Waals surface area (Å²) in [6.45, 7) is 1.85. The van der Waals surface area contributed by atoms with E-state index in [1.165, 1.54) is 7.11 Å². The van der Waals surface area contributed by atoms with Gasteiger partial charge in [-0.3, -0.25) is 4.98 Å². The third-order valence-corrected chi connectivity index (χ3v) is 2.67. The van der Waals surface area contributed by atoms with Crippen molar-refractivity contribution in [2.24, 2.45) is 0 Å². The van der Waals surface area contributed by atoms with E-state index in [0.717, 1.165) is 37.1 Å². The molecule has 0 fully saturated rings. The van der Waals surface area contributed by atoms with Crippen LogP contribution in [0.15, 0.2) is 12.4 Å². The number of aromatic nitrogens is 1. The number of fused-ring (bicyclic) bond motifs is 1. The van der Waals surface area contributed by atoms with E-state index in [1.54, 1.807) is 6.20 Å². The van der Waals surface area contributed by atoms with E-state index >= 15 is 0 Å². The minimum Gasteiger partial charge on any atom is -0.465 e. The van der Waals surface area contributed by atoms with Crippen LogP contribution in [0.1, 0.15) is 21.5 Å². The zero-order valence-electron chi connectivity index (χ0n) is 8.75. The molecule has 1 aromatic rings. The summed E-state index contributed by atoms with van der Waals surface area (Å²) in [6.07, 6.45) is 5.22. The van der Waals surface area contributed by atoms with Gasteiger partial charge >= 0.3 is 5.97 Å². The maximum atomic E-state index is 11.5. The van der Waals surface area contributed by atoms with Crippen LogP contribution in [-0.2, 0) is 17.6 Å². The summed E-state index contributed by atoms with van der Waals surface area (Å²) in [6, 6.07) is 0. The molecule has 4 heteroatoms. The number of hydrogen-bond donors (Lipinski definition) is 1. The maximum Gasteiger partial charge on any atom is 0.339 e. The Morgan fingerprint density at radius 2 is 2.20 bits per heavy atom. The van der Waals surface area contributed by atoms with Gasteiger partial charge in [0.2, 0.25) is 0 Å². The van der Waals surface area contributed by atoms with Crippen molar-refractivity contribution in [3.63, 3.8) is 0 Å². The third kappa shape index (κ3) is 1.99. The summed E-state index contributed by atoms with van der Waals surface area (Å²) in [5.41, 5.74) is 2.85. The Balaban J connectivity index is 2.43. The fourth-order valence-corrected chi connectivity index (χ4v) is 1.89. The minimum atomic E-state index is -0.291. The van der Waals surface area contributed by atoms with Crippen molar-refractivity contribution in [3.8, 4) is 0 Å². The second-order valence-corrected chi connectivity index (χ2v) is 3.57. The molecule has 4 nitrogen and oxygen atoms in total. The number of pyridine rings is 1. The molecule has 1 aliphatic heterocycles. The van der Waals surface area contributed by atoms with E-state index in [0.29, 0.717) is 5.56 Å². The first kappa shape index (κ1) is 10.1. The molecule has 0 bridgehead atoms. The van der Waals surface area contributed by atoms with Crippen LogP contribution in [0.5, 0.6) is 0 Å². The number of esters is 1. The number of nitrogens with zero attached hydrogens (tertiary/aromatic N) is 1. The van der Waals surface area contributed by atoms with Crippen molar-refractivity contribution < 1.29 is 9.53 Å². The SMILES string of the molecule is COC(=O)c1cncc2c1CCNCC2. The summed E-state index contributed by atoms with van der Waals surface area (Å²) in [4.78, 5) is 15.6. The highest BCUT2D eigenvalue weighted by Gasteiger charge is 2.17. The van der Waals surface area contributed by atoms with Crippen LogP contribution >= 0.6 is 0 Å². The molecule has 80 valence electrons. The number of rotatable bonds is 1. The molecule has 0 saturated heterocycles. The summed E-state index contributed by atoms with van der Waals surface area (Å²) >= 11 is 0. The Kier molecular flexibility index (Phi) is 2.97. The molecule has 0 aromatic carbocycles. The molecule has 1 aliphatic rings. The lowest BCUT2D eigenvalue weighted by atomic mass is 10.0. The Morgan fingerprint density at radius 1 is 1.40 bits per heavy atom. The first-order chi connectivity index (χ1) is 7.33. The second-order valence-electron chi connectivity index (χ2n) is 3.57. The summed E-state index contributed by atoms with van der Waals surface area (Å²) in [7, 11) is 1.40. The van der Waals surface area contributed by atoms with E-state index in [1.807, 2.05) is 6.20 Å². The van der Waals surface area contributed by atoms with Gasteiger partial charge in [-0.15, -0.1) is 0 Å². The standard InChI is InChI=1S/C11H14N2O2/c1-15-11(14)10-7-13-6-8-2-4-12-5-3-9(8)10/h6-7,12H,2-5H2,1H3. The molecule has 0 aliphatic carbocycles. The zero-order valence-corrected chi connectivity index (χ0v) is 8.75. The van der Waals surface area contributed by atoms with Crippen molar-refractivity contribution in [2.75, 3.05) is 20.2 Å². The van der Waals surface area contributed by atoms with Gasteiger partial charge in [0.25, 0.3) is 0 Å². The van der Waals surface area contributed by atoms with Crippen molar-refractivity contribution in [2.45, 2.75) is 12.8 Å². The number of ether oxygens (including phenoxy) is 1. The van der Waals surface area contributed by atoms with Crippen LogP contribution in [0.2, 0.25) is 0 Å². The fraction of sp³-hybridized carbons (Fsp3) is 0.455. The Morgan fingerprint density at radius 3 is 3.00 bits per heavy atom. The lowest BCUT2D eigenvalue weighted by Crippen LogP contribution is -2.16. The molecule has 1 N–H and O–H groups in total. The largest absolute Gasteiger partial charge is 0.465 e. The molecule has 0 spiro atoms. The molecule has 0 atom stereocenters. The molecule has 0 unspecified atom stereocenters. The monoisotopic (exact) mass is 206 g/mol. The highest BCUT2D eigenvalue weighted by atomic mass is 16.5. The van der Waals surface area contributed by atoms with Crippen molar-refractivity contribution >= 4 is 5.97 Å². The molecule has 0 radical (unpaired) electrons. The molecule has 0 saturated carbocycles. The lowest BCUT2D eigenvalue weighted by Gasteiger charge is -2.08. The van der Waals surface area contributed by atoms with Crippen LogP contribution < -0.4 is 5.32 Å².